The fourth-order valence-electron chi connectivity index (χ4n) is 1.51. The highest BCUT2D eigenvalue weighted by Gasteiger charge is 2.12. The third-order valence-electron chi connectivity index (χ3n) is 2.75. The van der Waals surface area contributed by atoms with Gasteiger partial charge in [-0.2, -0.15) is 0 Å². The second kappa shape index (κ2) is 4.98. The molecular formula is C10H18N4O2. The molecule has 1 aromatic heterocycles. The summed E-state index contributed by atoms with van der Waals surface area (Å²) in [6.45, 7) is 6.14. The van der Waals surface area contributed by atoms with Gasteiger partial charge < -0.3 is 5.73 Å². The number of aromatic nitrogens is 2. The van der Waals surface area contributed by atoms with E-state index in [1.165, 1.54) is 4.57 Å². The van der Waals surface area contributed by atoms with Gasteiger partial charge in [-0.3, -0.25) is 19.2 Å². The van der Waals surface area contributed by atoms with Crippen molar-refractivity contribution in [2.75, 3.05) is 18.8 Å². The normalized spacial score (nSPS) is 11.0. The van der Waals surface area contributed by atoms with Crippen LogP contribution in [0.3, 0.4) is 0 Å². The lowest BCUT2D eigenvalue weighted by atomic mass is 10.2. The zero-order chi connectivity index (χ0) is 12.3. The second-order valence-electron chi connectivity index (χ2n) is 3.64. The molecule has 0 atom stereocenters. The zero-order valence-corrected chi connectivity index (χ0v) is 9.91. The van der Waals surface area contributed by atoms with Crippen LogP contribution < -0.4 is 17.0 Å². The Morgan fingerprint density at radius 2 is 1.88 bits per heavy atom. The lowest BCUT2D eigenvalue weighted by molar-refractivity contribution is 0.294. The maximum absolute atomic E-state index is 11.6. The van der Waals surface area contributed by atoms with Crippen molar-refractivity contribution in [2.24, 2.45) is 7.05 Å². The summed E-state index contributed by atoms with van der Waals surface area (Å²) >= 11 is 0. The Labute approximate surface area is 93.7 Å². The van der Waals surface area contributed by atoms with Gasteiger partial charge in [0.25, 0.3) is 5.56 Å². The van der Waals surface area contributed by atoms with E-state index < -0.39 is 11.2 Å². The summed E-state index contributed by atoms with van der Waals surface area (Å²) in [4.78, 5) is 27.2. The van der Waals surface area contributed by atoms with Gasteiger partial charge in [0.2, 0.25) is 0 Å². The zero-order valence-electron chi connectivity index (χ0n) is 9.91. The minimum absolute atomic E-state index is 0.237. The van der Waals surface area contributed by atoms with Crippen molar-refractivity contribution in [2.45, 2.75) is 20.4 Å². The van der Waals surface area contributed by atoms with Gasteiger partial charge in [-0.25, -0.2) is 4.79 Å². The summed E-state index contributed by atoms with van der Waals surface area (Å²) in [7, 11) is 1.54. The molecular weight excluding hydrogens is 208 g/mol. The highest BCUT2D eigenvalue weighted by atomic mass is 16.2. The van der Waals surface area contributed by atoms with E-state index in [0.29, 0.717) is 12.1 Å². The van der Waals surface area contributed by atoms with Crippen LogP contribution in [0.4, 0.5) is 5.82 Å². The minimum Gasteiger partial charge on any atom is -0.385 e. The molecule has 0 radical (unpaired) electrons. The molecule has 1 heterocycles. The van der Waals surface area contributed by atoms with E-state index in [1.807, 2.05) is 13.8 Å². The molecule has 0 unspecified atom stereocenters. The van der Waals surface area contributed by atoms with Crippen LogP contribution in [0.5, 0.6) is 0 Å². The number of hydrogen-bond acceptors (Lipinski definition) is 4. The lowest BCUT2D eigenvalue weighted by Gasteiger charge is -2.18. The Hall–Kier alpha value is -1.56. The summed E-state index contributed by atoms with van der Waals surface area (Å²) in [6, 6.07) is 0. The predicted octanol–water partition coefficient (Wildman–Crippen LogP) is -0.502. The number of H-pyrrole nitrogens is 1. The molecule has 16 heavy (non-hydrogen) atoms. The fourth-order valence-corrected chi connectivity index (χ4v) is 1.51. The average molecular weight is 226 g/mol. The second-order valence-corrected chi connectivity index (χ2v) is 3.64. The van der Waals surface area contributed by atoms with Crippen LogP contribution in [0, 0.1) is 0 Å². The average Bonchev–Trinajstić information content (AvgIpc) is 2.27. The summed E-state index contributed by atoms with van der Waals surface area (Å²) < 4.78 is 1.25. The maximum atomic E-state index is 11.6. The van der Waals surface area contributed by atoms with Crippen molar-refractivity contribution in [3.8, 4) is 0 Å². The first-order valence-corrected chi connectivity index (χ1v) is 5.31. The number of anilines is 1. The Morgan fingerprint density at radius 1 is 1.31 bits per heavy atom. The monoisotopic (exact) mass is 226 g/mol. The minimum atomic E-state index is -0.481. The molecule has 0 bridgehead atoms. The lowest BCUT2D eigenvalue weighted by Crippen LogP contribution is -2.36. The quantitative estimate of drug-likeness (QED) is 0.724. The molecule has 0 amide bonds. The van der Waals surface area contributed by atoms with Gasteiger partial charge in [0.1, 0.15) is 5.82 Å². The van der Waals surface area contributed by atoms with Crippen LogP contribution in [0.2, 0.25) is 0 Å². The van der Waals surface area contributed by atoms with E-state index >= 15 is 0 Å². The molecule has 0 saturated heterocycles. The smallest absolute Gasteiger partial charge is 0.329 e. The van der Waals surface area contributed by atoms with Crippen LogP contribution >= 0.6 is 0 Å². The van der Waals surface area contributed by atoms with Gasteiger partial charge in [-0.05, 0) is 13.1 Å². The van der Waals surface area contributed by atoms with Gasteiger partial charge in [-0.15, -0.1) is 0 Å². The van der Waals surface area contributed by atoms with Crippen molar-refractivity contribution in [1.82, 2.24) is 14.5 Å². The van der Waals surface area contributed by atoms with E-state index in [9.17, 15) is 9.59 Å². The molecule has 0 saturated carbocycles. The molecule has 0 aromatic carbocycles. The SMILES string of the molecule is CCN(CC)Cc1c(N)n(C)c(=O)[nH]c1=O. The number of nitrogens with two attached hydrogens (primary N) is 1. The Balaban J connectivity index is 3.19. The van der Waals surface area contributed by atoms with Crippen LogP contribution in [0.15, 0.2) is 9.59 Å². The number of nitrogen functional groups attached to an aromatic ring is 1. The van der Waals surface area contributed by atoms with Crippen molar-refractivity contribution in [3.05, 3.63) is 26.4 Å². The first-order valence-electron chi connectivity index (χ1n) is 5.31. The molecule has 0 spiro atoms. The van der Waals surface area contributed by atoms with E-state index in [-0.39, 0.29) is 5.82 Å². The van der Waals surface area contributed by atoms with E-state index in [0.717, 1.165) is 13.1 Å². The molecule has 1 aromatic rings. The molecule has 90 valence electrons. The molecule has 1 rings (SSSR count). The summed E-state index contributed by atoms with van der Waals surface area (Å²) in [5, 5.41) is 0. The number of nitrogens with zero attached hydrogens (tertiary/aromatic N) is 2. The molecule has 0 fully saturated rings. The Kier molecular flexibility index (Phi) is 3.89. The number of nitrogens with one attached hydrogen (secondary N) is 1. The standard InChI is InChI=1S/C10H18N4O2/c1-4-14(5-2)6-7-8(11)13(3)10(16)12-9(7)15/h4-6,11H2,1-3H3,(H,12,15,16). The van der Waals surface area contributed by atoms with E-state index in [2.05, 4.69) is 9.88 Å². The van der Waals surface area contributed by atoms with Crippen molar-refractivity contribution in [3.63, 3.8) is 0 Å². The van der Waals surface area contributed by atoms with Gasteiger partial charge in [0.15, 0.2) is 0 Å². The molecule has 3 N–H and O–H groups in total. The van der Waals surface area contributed by atoms with Crippen LogP contribution in [-0.2, 0) is 13.6 Å². The van der Waals surface area contributed by atoms with Gasteiger partial charge in [0, 0.05) is 13.6 Å². The molecule has 0 aliphatic rings. The number of rotatable bonds is 4. The van der Waals surface area contributed by atoms with Crippen molar-refractivity contribution >= 4 is 5.82 Å². The first-order chi connectivity index (χ1) is 7.51. The Bertz CT molecular complexity index is 471. The van der Waals surface area contributed by atoms with E-state index in [4.69, 9.17) is 5.73 Å². The third-order valence-corrected chi connectivity index (χ3v) is 2.75. The van der Waals surface area contributed by atoms with Crippen LogP contribution in [0.25, 0.3) is 0 Å². The van der Waals surface area contributed by atoms with Gasteiger partial charge in [-0.1, -0.05) is 13.8 Å². The van der Waals surface area contributed by atoms with Crippen LogP contribution in [-0.4, -0.2) is 27.5 Å². The topological polar surface area (TPSA) is 84.1 Å². The highest BCUT2D eigenvalue weighted by molar-refractivity contribution is 5.37. The molecule has 6 nitrogen and oxygen atoms in total. The highest BCUT2D eigenvalue weighted by Crippen LogP contribution is 2.05. The number of hydrogen-bond donors (Lipinski definition) is 2. The maximum Gasteiger partial charge on any atom is 0.329 e. The van der Waals surface area contributed by atoms with Gasteiger partial charge >= 0.3 is 5.69 Å². The fraction of sp³-hybridized carbons (Fsp3) is 0.600. The predicted molar refractivity (Wildman–Crippen MR) is 63.3 cm³/mol. The van der Waals surface area contributed by atoms with Crippen molar-refractivity contribution < 1.29 is 0 Å². The summed E-state index contributed by atoms with van der Waals surface area (Å²) in [5.74, 6) is 0.237. The molecule has 0 aliphatic carbocycles. The molecule has 6 heteroatoms. The third kappa shape index (κ3) is 2.33. The largest absolute Gasteiger partial charge is 0.385 e. The molecule has 0 aliphatic heterocycles. The first kappa shape index (κ1) is 12.5. The van der Waals surface area contributed by atoms with Crippen molar-refractivity contribution in [1.29, 1.82) is 0 Å². The van der Waals surface area contributed by atoms with Crippen LogP contribution in [0.1, 0.15) is 19.4 Å². The summed E-state index contributed by atoms with van der Waals surface area (Å²) in [5.41, 5.74) is 5.33. The number of aromatic amines is 1. The van der Waals surface area contributed by atoms with E-state index in [1.54, 1.807) is 7.05 Å². The summed E-state index contributed by atoms with van der Waals surface area (Å²) in [6.07, 6.45) is 0. The Morgan fingerprint density at radius 3 is 2.38 bits per heavy atom. The van der Waals surface area contributed by atoms with Gasteiger partial charge in [0.05, 0.1) is 5.56 Å².